The highest BCUT2D eigenvalue weighted by molar-refractivity contribution is 6.03. The summed E-state index contributed by atoms with van der Waals surface area (Å²) < 4.78 is 0. The number of nitrogens with zero attached hydrogens (tertiary/aromatic N) is 3. The molecule has 1 unspecified atom stereocenters. The van der Waals surface area contributed by atoms with Crippen molar-refractivity contribution in [2.24, 2.45) is 10.9 Å². The summed E-state index contributed by atoms with van der Waals surface area (Å²) in [5.41, 5.74) is 3.54. The van der Waals surface area contributed by atoms with Crippen LogP contribution in [0.25, 0.3) is 0 Å². The van der Waals surface area contributed by atoms with E-state index < -0.39 is 16.8 Å². The zero-order valence-corrected chi connectivity index (χ0v) is 15.9. The maximum atomic E-state index is 13.2. The van der Waals surface area contributed by atoms with E-state index in [4.69, 9.17) is 0 Å². The van der Waals surface area contributed by atoms with Crippen molar-refractivity contribution in [1.29, 1.82) is 5.26 Å². The van der Waals surface area contributed by atoms with Gasteiger partial charge in [0.2, 0.25) is 0 Å². The van der Waals surface area contributed by atoms with Gasteiger partial charge in [0.1, 0.15) is 0 Å². The van der Waals surface area contributed by atoms with Crippen LogP contribution in [0.15, 0.2) is 70.9 Å². The Labute approximate surface area is 168 Å². The molecule has 29 heavy (non-hydrogen) atoms. The molecular formula is C23H19N3O3. The molecule has 0 amide bonds. The van der Waals surface area contributed by atoms with Gasteiger partial charge in [0.25, 0.3) is 5.69 Å². The molecule has 0 fully saturated rings. The van der Waals surface area contributed by atoms with E-state index in [0.717, 1.165) is 5.56 Å². The summed E-state index contributed by atoms with van der Waals surface area (Å²) in [6, 6.07) is 18.4. The fraction of sp³-hybridized carbons (Fsp3) is 0.261. The van der Waals surface area contributed by atoms with Crippen molar-refractivity contribution in [3.8, 4) is 6.07 Å². The topological polar surface area (TPSA) is 96.4 Å². The number of allylic oxidation sites excluding steroid dienone is 2. The van der Waals surface area contributed by atoms with Crippen LogP contribution in [0.4, 0.5) is 5.69 Å². The molecule has 2 aromatic carbocycles. The summed E-state index contributed by atoms with van der Waals surface area (Å²) in [4.78, 5) is 28.6. The Morgan fingerprint density at radius 1 is 1.10 bits per heavy atom. The number of carbonyl (C=O) groups is 1. The second kappa shape index (κ2) is 7.44. The molecule has 1 aliphatic carbocycles. The third-order valence-electron chi connectivity index (χ3n) is 5.74. The molecule has 4 rings (SSSR count). The highest BCUT2D eigenvalue weighted by Crippen LogP contribution is 2.46. The third kappa shape index (κ3) is 3.36. The molecule has 0 saturated heterocycles. The lowest BCUT2D eigenvalue weighted by atomic mass is 9.69. The molecule has 0 N–H and O–H groups in total. The van der Waals surface area contributed by atoms with E-state index in [1.54, 1.807) is 19.1 Å². The quantitative estimate of drug-likeness (QED) is 0.565. The average Bonchev–Trinajstić information content (AvgIpc) is 2.73. The zero-order valence-electron chi connectivity index (χ0n) is 15.9. The molecule has 6 heteroatoms. The van der Waals surface area contributed by atoms with Crippen LogP contribution in [0.3, 0.4) is 0 Å². The minimum Gasteiger partial charge on any atom is -0.294 e. The van der Waals surface area contributed by atoms with Crippen LogP contribution in [0.2, 0.25) is 0 Å². The molecule has 2 aliphatic rings. The molecule has 144 valence electrons. The second-order valence-electron chi connectivity index (χ2n) is 7.49. The van der Waals surface area contributed by atoms with E-state index in [2.05, 4.69) is 11.1 Å². The summed E-state index contributed by atoms with van der Waals surface area (Å²) in [5, 5.41) is 21.0. The minimum absolute atomic E-state index is 0.0342. The normalized spacial score (nSPS) is 23.8. The number of nitriles is 1. The van der Waals surface area contributed by atoms with Gasteiger partial charge in [-0.3, -0.25) is 19.9 Å². The number of Topliss-reactive ketones (excluding diaryl/α,β-unsaturated/α-hetero) is 1. The first-order chi connectivity index (χ1) is 14.0. The molecule has 0 bridgehead atoms. The van der Waals surface area contributed by atoms with Crippen molar-refractivity contribution in [2.45, 2.75) is 31.6 Å². The Morgan fingerprint density at radius 2 is 1.83 bits per heavy atom. The molecule has 0 spiro atoms. The number of nitro benzene ring substituents is 1. The monoisotopic (exact) mass is 385 g/mol. The van der Waals surface area contributed by atoms with Gasteiger partial charge in [-0.1, -0.05) is 42.5 Å². The minimum atomic E-state index is -0.618. The van der Waals surface area contributed by atoms with Crippen molar-refractivity contribution in [2.75, 3.05) is 0 Å². The maximum Gasteiger partial charge on any atom is 0.269 e. The first kappa shape index (κ1) is 18.8. The van der Waals surface area contributed by atoms with Gasteiger partial charge in [0.05, 0.1) is 16.9 Å². The van der Waals surface area contributed by atoms with E-state index in [1.807, 2.05) is 30.3 Å². The van der Waals surface area contributed by atoms with Crippen LogP contribution in [0, 0.1) is 27.4 Å². The van der Waals surface area contributed by atoms with Gasteiger partial charge in [-0.05, 0) is 30.4 Å². The number of hydrogen-bond acceptors (Lipinski definition) is 5. The Hall–Kier alpha value is -3.59. The van der Waals surface area contributed by atoms with Gasteiger partial charge < -0.3 is 0 Å². The number of nitro groups is 1. The average molecular weight is 385 g/mol. The number of carbonyl (C=O) groups excluding carboxylic acids is 1. The molecule has 1 aliphatic heterocycles. The SMILES string of the molecule is CC1=NC2=C(C(=O)C[C@@H](c3ccccc3)C2)[C@H](c2cccc([N+](=O)[O-])c2)C1C#N. The lowest BCUT2D eigenvalue weighted by Gasteiger charge is -2.35. The van der Waals surface area contributed by atoms with Crippen LogP contribution < -0.4 is 0 Å². The first-order valence-electron chi connectivity index (χ1n) is 9.50. The van der Waals surface area contributed by atoms with Crippen molar-refractivity contribution < 1.29 is 9.72 Å². The number of benzene rings is 2. The second-order valence-corrected chi connectivity index (χ2v) is 7.49. The number of ketones is 1. The zero-order chi connectivity index (χ0) is 20.5. The summed E-state index contributed by atoms with van der Waals surface area (Å²) in [6.45, 7) is 1.79. The number of non-ortho nitro benzene ring substituents is 1. The summed E-state index contributed by atoms with van der Waals surface area (Å²) in [5.74, 6) is -1.14. The van der Waals surface area contributed by atoms with E-state index in [-0.39, 0.29) is 17.4 Å². The van der Waals surface area contributed by atoms with Crippen LogP contribution in [0.5, 0.6) is 0 Å². The molecule has 0 saturated carbocycles. The van der Waals surface area contributed by atoms with Gasteiger partial charge in [-0.2, -0.15) is 5.26 Å². The lowest BCUT2D eigenvalue weighted by Crippen LogP contribution is -2.32. The van der Waals surface area contributed by atoms with Crippen molar-refractivity contribution in [3.05, 3.63) is 87.1 Å². The summed E-state index contributed by atoms with van der Waals surface area (Å²) in [6.07, 6.45) is 0.965. The summed E-state index contributed by atoms with van der Waals surface area (Å²) in [7, 11) is 0. The molecule has 3 atom stereocenters. The Balaban J connectivity index is 1.81. The fourth-order valence-electron chi connectivity index (χ4n) is 4.38. The number of aliphatic imine (C=N–C) groups is 1. The van der Waals surface area contributed by atoms with Gasteiger partial charge in [0, 0.05) is 41.5 Å². The Kier molecular flexibility index (Phi) is 4.81. The molecule has 0 radical (unpaired) electrons. The standard InChI is InChI=1S/C23H19N3O3/c1-14-19(13-24)22(16-8-5-9-18(10-16)26(28)29)23-20(25-14)11-17(12-21(23)27)15-6-3-2-4-7-15/h2-10,17,19,22H,11-12H2,1H3/t17-,19?,22+/m0/s1. The highest BCUT2D eigenvalue weighted by Gasteiger charge is 2.41. The van der Waals surface area contributed by atoms with E-state index in [1.165, 1.54) is 12.1 Å². The van der Waals surface area contributed by atoms with Crippen molar-refractivity contribution in [3.63, 3.8) is 0 Å². The smallest absolute Gasteiger partial charge is 0.269 e. The molecule has 1 heterocycles. The maximum absolute atomic E-state index is 13.2. The number of hydrogen-bond donors (Lipinski definition) is 0. The molecule has 2 aromatic rings. The van der Waals surface area contributed by atoms with Crippen LogP contribution in [-0.4, -0.2) is 16.4 Å². The number of rotatable bonds is 3. The van der Waals surface area contributed by atoms with Crippen molar-refractivity contribution in [1.82, 2.24) is 0 Å². The van der Waals surface area contributed by atoms with Crippen LogP contribution in [0.1, 0.15) is 42.7 Å². The first-order valence-corrected chi connectivity index (χ1v) is 9.50. The summed E-state index contributed by atoms with van der Waals surface area (Å²) >= 11 is 0. The molecule has 6 nitrogen and oxygen atoms in total. The highest BCUT2D eigenvalue weighted by atomic mass is 16.6. The molecular weight excluding hydrogens is 366 g/mol. The van der Waals surface area contributed by atoms with Crippen molar-refractivity contribution >= 4 is 17.2 Å². The van der Waals surface area contributed by atoms with Crippen LogP contribution in [-0.2, 0) is 4.79 Å². The van der Waals surface area contributed by atoms with Gasteiger partial charge in [0.15, 0.2) is 5.78 Å². The Morgan fingerprint density at radius 3 is 2.52 bits per heavy atom. The Bertz CT molecular complexity index is 1100. The molecule has 0 aromatic heterocycles. The van der Waals surface area contributed by atoms with E-state index in [9.17, 15) is 20.2 Å². The van der Waals surface area contributed by atoms with E-state index in [0.29, 0.717) is 35.4 Å². The van der Waals surface area contributed by atoms with E-state index >= 15 is 0 Å². The lowest BCUT2D eigenvalue weighted by molar-refractivity contribution is -0.384. The van der Waals surface area contributed by atoms with Gasteiger partial charge in [-0.15, -0.1) is 0 Å². The van der Waals surface area contributed by atoms with Gasteiger partial charge in [-0.25, -0.2) is 0 Å². The predicted molar refractivity (Wildman–Crippen MR) is 108 cm³/mol. The third-order valence-corrected chi connectivity index (χ3v) is 5.74. The fourth-order valence-corrected chi connectivity index (χ4v) is 4.38. The predicted octanol–water partition coefficient (Wildman–Crippen LogP) is 4.69. The van der Waals surface area contributed by atoms with Crippen LogP contribution >= 0.6 is 0 Å². The van der Waals surface area contributed by atoms with Gasteiger partial charge >= 0.3 is 0 Å². The largest absolute Gasteiger partial charge is 0.294 e.